The second kappa shape index (κ2) is 11.0. The van der Waals surface area contributed by atoms with Crippen molar-refractivity contribution in [3.8, 4) is 11.5 Å². The van der Waals surface area contributed by atoms with Crippen LogP contribution in [0.3, 0.4) is 0 Å². The molecule has 174 valence electrons. The van der Waals surface area contributed by atoms with E-state index >= 15 is 0 Å². The fourth-order valence-electron chi connectivity index (χ4n) is 3.71. The maximum absolute atomic E-state index is 13.2. The van der Waals surface area contributed by atoms with E-state index in [4.69, 9.17) is 21.1 Å². The van der Waals surface area contributed by atoms with Crippen molar-refractivity contribution in [1.82, 2.24) is 0 Å². The third kappa shape index (κ3) is 5.32. The maximum atomic E-state index is 13.2. The fourth-order valence-corrected chi connectivity index (χ4v) is 3.90. The highest BCUT2D eigenvalue weighted by atomic mass is 35.5. The summed E-state index contributed by atoms with van der Waals surface area (Å²) in [6.07, 6.45) is 3.49. The molecular weight excluding hydrogens is 448 g/mol. The highest BCUT2D eigenvalue weighted by Gasteiger charge is 2.30. The van der Waals surface area contributed by atoms with Crippen LogP contribution in [0.2, 0.25) is 5.02 Å². The number of ether oxygens (including phenoxy) is 2. The first kappa shape index (κ1) is 23.6. The molecular formula is C28H27ClN2O3. The van der Waals surface area contributed by atoms with Gasteiger partial charge in [-0.1, -0.05) is 67.4 Å². The number of anilines is 1. The molecule has 0 fully saturated rings. The normalized spacial score (nSPS) is 14.4. The summed E-state index contributed by atoms with van der Waals surface area (Å²) in [5.41, 5.74) is 3.88. The predicted molar refractivity (Wildman–Crippen MR) is 138 cm³/mol. The number of rotatable bonds is 9. The number of hydrogen-bond donors (Lipinski definition) is 0. The molecule has 0 N–H and O–H groups in total. The molecule has 0 bridgehead atoms. The largest absolute Gasteiger partial charge is 0.490 e. The van der Waals surface area contributed by atoms with Gasteiger partial charge in [0.15, 0.2) is 11.5 Å². The number of benzene rings is 3. The Morgan fingerprint density at radius 1 is 0.941 bits per heavy atom. The van der Waals surface area contributed by atoms with Gasteiger partial charge >= 0.3 is 0 Å². The smallest absolute Gasteiger partial charge is 0.280 e. The lowest BCUT2D eigenvalue weighted by Crippen LogP contribution is -2.21. The highest BCUT2D eigenvalue weighted by molar-refractivity contribution is 6.32. The minimum atomic E-state index is -0.133. The van der Waals surface area contributed by atoms with Gasteiger partial charge in [-0.2, -0.15) is 10.1 Å². The molecule has 5 nitrogen and oxygen atoms in total. The monoisotopic (exact) mass is 474 g/mol. The van der Waals surface area contributed by atoms with Gasteiger partial charge in [0.1, 0.15) is 6.61 Å². The summed E-state index contributed by atoms with van der Waals surface area (Å²) in [6.45, 7) is 4.82. The summed E-state index contributed by atoms with van der Waals surface area (Å²) in [5, 5.41) is 6.75. The Bertz CT molecular complexity index is 1220. The third-order valence-corrected chi connectivity index (χ3v) is 5.73. The number of carbonyl (C=O) groups excluding carboxylic acids is 1. The Morgan fingerprint density at radius 3 is 2.44 bits per heavy atom. The van der Waals surface area contributed by atoms with Crippen LogP contribution in [-0.2, 0) is 11.4 Å². The number of amides is 1. The Hall–Kier alpha value is -3.57. The molecule has 1 heterocycles. The zero-order valence-corrected chi connectivity index (χ0v) is 20.1. The summed E-state index contributed by atoms with van der Waals surface area (Å²) in [4.78, 5) is 13.2. The van der Waals surface area contributed by atoms with E-state index in [2.05, 4.69) is 12.0 Å². The van der Waals surface area contributed by atoms with Gasteiger partial charge in [0.05, 0.1) is 23.6 Å². The fraction of sp³-hybridized carbons (Fsp3) is 0.214. The molecule has 0 aliphatic carbocycles. The average Bonchev–Trinajstić information content (AvgIpc) is 3.15. The lowest BCUT2D eigenvalue weighted by atomic mass is 10.0. The van der Waals surface area contributed by atoms with Crippen LogP contribution in [0.5, 0.6) is 11.5 Å². The topological polar surface area (TPSA) is 51.1 Å². The second-order valence-electron chi connectivity index (χ2n) is 7.83. The van der Waals surface area contributed by atoms with Crippen LogP contribution in [0.4, 0.5) is 5.69 Å². The summed E-state index contributed by atoms with van der Waals surface area (Å²) >= 11 is 6.25. The molecule has 0 spiro atoms. The molecule has 4 rings (SSSR count). The van der Waals surface area contributed by atoms with Gasteiger partial charge in [0.2, 0.25) is 0 Å². The van der Waals surface area contributed by atoms with E-state index in [0.717, 1.165) is 35.4 Å². The van der Waals surface area contributed by atoms with Crippen molar-refractivity contribution in [3.63, 3.8) is 0 Å². The molecule has 3 aromatic carbocycles. The first-order valence-electron chi connectivity index (χ1n) is 11.4. The Morgan fingerprint density at radius 2 is 1.71 bits per heavy atom. The predicted octanol–water partition coefficient (Wildman–Crippen LogP) is 6.90. The SMILES string of the molecule is CCCC1=NN(c2ccccc2)C(=O)C1=Cc1ccc(OCc2ccccc2Cl)c(OCC)c1. The van der Waals surface area contributed by atoms with Crippen LogP contribution < -0.4 is 14.5 Å². The van der Waals surface area contributed by atoms with Crippen LogP contribution in [0.1, 0.15) is 37.8 Å². The molecule has 1 amide bonds. The molecule has 6 heteroatoms. The van der Waals surface area contributed by atoms with Gasteiger partial charge < -0.3 is 9.47 Å². The van der Waals surface area contributed by atoms with Gasteiger partial charge in [-0.15, -0.1) is 0 Å². The van der Waals surface area contributed by atoms with Crippen LogP contribution >= 0.6 is 11.6 Å². The van der Waals surface area contributed by atoms with E-state index in [9.17, 15) is 4.79 Å². The van der Waals surface area contributed by atoms with Crippen molar-refractivity contribution in [2.24, 2.45) is 5.10 Å². The van der Waals surface area contributed by atoms with Gasteiger partial charge in [-0.25, -0.2) is 0 Å². The lowest BCUT2D eigenvalue weighted by molar-refractivity contribution is -0.114. The first-order chi connectivity index (χ1) is 16.6. The van der Waals surface area contributed by atoms with E-state index in [1.165, 1.54) is 5.01 Å². The standard InChI is InChI=1S/C28H27ClN2O3/c1-3-10-25-23(28(32)31(30-25)22-12-6-5-7-13-22)17-20-15-16-26(27(18-20)33-4-2)34-19-21-11-8-9-14-24(21)29/h5-9,11-18H,3-4,10,19H2,1-2H3. The van der Waals surface area contributed by atoms with Crippen molar-refractivity contribution >= 4 is 35.0 Å². The van der Waals surface area contributed by atoms with E-state index in [0.29, 0.717) is 35.3 Å². The molecule has 0 radical (unpaired) electrons. The van der Waals surface area contributed by atoms with Crippen LogP contribution in [0, 0.1) is 0 Å². The molecule has 1 aliphatic rings. The molecule has 0 unspecified atom stereocenters. The lowest BCUT2D eigenvalue weighted by Gasteiger charge is -2.14. The number of hydrazone groups is 1. The number of hydrogen-bond acceptors (Lipinski definition) is 4. The summed E-state index contributed by atoms with van der Waals surface area (Å²) < 4.78 is 11.8. The first-order valence-corrected chi connectivity index (χ1v) is 11.8. The van der Waals surface area contributed by atoms with Gasteiger partial charge in [0.25, 0.3) is 5.91 Å². The minimum absolute atomic E-state index is 0.133. The van der Waals surface area contributed by atoms with Crippen molar-refractivity contribution in [3.05, 3.63) is 94.5 Å². The summed E-state index contributed by atoms with van der Waals surface area (Å²) in [6, 6.07) is 22.7. The van der Waals surface area contributed by atoms with Crippen molar-refractivity contribution in [2.45, 2.75) is 33.3 Å². The van der Waals surface area contributed by atoms with Gasteiger partial charge in [-0.05, 0) is 55.3 Å². The number of halogens is 1. The van der Waals surface area contributed by atoms with Gasteiger partial charge in [-0.3, -0.25) is 4.79 Å². The average molecular weight is 475 g/mol. The van der Waals surface area contributed by atoms with E-state index in [-0.39, 0.29) is 5.91 Å². The van der Waals surface area contributed by atoms with Crippen molar-refractivity contribution in [2.75, 3.05) is 11.6 Å². The van der Waals surface area contributed by atoms with Crippen molar-refractivity contribution < 1.29 is 14.3 Å². The molecule has 0 saturated carbocycles. The third-order valence-electron chi connectivity index (χ3n) is 5.36. The molecule has 34 heavy (non-hydrogen) atoms. The summed E-state index contributed by atoms with van der Waals surface area (Å²) in [7, 11) is 0. The zero-order valence-electron chi connectivity index (χ0n) is 19.3. The van der Waals surface area contributed by atoms with Crippen LogP contribution in [0.15, 0.2) is 83.5 Å². The molecule has 3 aromatic rings. The number of nitrogens with zero attached hydrogens (tertiary/aromatic N) is 2. The molecule has 0 aromatic heterocycles. The van der Waals surface area contributed by atoms with Gasteiger partial charge in [0, 0.05) is 10.6 Å². The summed E-state index contributed by atoms with van der Waals surface area (Å²) in [5.74, 6) is 1.10. The number of carbonyl (C=O) groups is 1. The minimum Gasteiger partial charge on any atom is -0.490 e. The van der Waals surface area contributed by atoms with E-state index in [1.807, 2.05) is 85.8 Å². The van der Waals surface area contributed by atoms with E-state index in [1.54, 1.807) is 0 Å². The molecule has 0 saturated heterocycles. The van der Waals surface area contributed by atoms with Crippen molar-refractivity contribution in [1.29, 1.82) is 0 Å². The highest BCUT2D eigenvalue weighted by Crippen LogP contribution is 2.32. The number of para-hydroxylation sites is 1. The van der Waals surface area contributed by atoms with E-state index < -0.39 is 0 Å². The maximum Gasteiger partial charge on any atom is 0.280 e. The Labute approximate surface area is 205 Å². The van der Waals surface area contributed by atoms with Crippen LogP contribution in [-0.4, -0.2) is 18.2 Å². The second-order valence-corrected chi connectivity index (χ2v) is 8.23. The quantitative estimate of drug-likeness (QED) is 0.317. The zero-order chi connectivity index (χ0) is 23.9. The Balaban J connectivity index is 1.61. The molecule has 0 atom stereocenters. The van der Waals surface area contributed by atoms with Crippen LogP contribution in [0.25, 0.3) is 6.08 Å². The Kier molecular flexibility index (Phi) is 7.65. The molecule has 1 aliphatic heterocycles.